The van der Waals surface area contributed by atoms with Crippen LogP contribution in [0.3, 0.4) is 0 Å². The van der Waals surface area contributed by atoms with E-state index in [1.807, 2.05) is 0 Å². The van der Waals surface area contributed by atoms with Crippen molar-refractivity contribution in [3.8, 4) is 0 Å². The Morgan fingerprint density at radius 1 is 0.485 bits per heavy atom. The van der Waals surface area contributed by atoms with E-state index in [-0.39, 0.29) is 0 Å². The molecule has 0 fully saturated rings. The average Bonchev–Trinajstić information content (AvgIpc) is 2.86. The standard InChI is InChI=1S/C33H32/c1-21-20-22(2)30-31(24(4)26-14-8-6-9-15-26)28-18-12-13-19-29(28)32(33(30)23(21)3)25(5)27-16-10-7-11-17-27/h6-20,24-25H,1-5H3. The first-order chi connectivity index (χ1) is 16.0. The van der Waals surface area contributed by atoms with E-state index in [4.69, 9.17) is 0 Å². The summed E-state index contributed by atoms with van der Waals surface area (Å²) in [5.74, 6) is 0.611. The van der Waals surface area contributed by atoms with E-state index in [9.17, 15) is 0 Å². The molecule has 0 saturated heterocycles. The molecule has 0 amide bonds. The third-order valence-corrected chi connectivity index (χ3v) is 7.56. The summed E-state index contributed by atoms with van der Waals surface area (Å²) in [6.45, 7) is 11.6. The molecule has 0 nitrogen and oxygen atoms in total. The summed E-state index contributed by atoms with van der Waals surface area (Å²) in [4.78, 5) is 0. The molecule has 0 heterocycles. The van der Waals surface area contributed by atoms with Gasteiger partial charge >= 0.3 is 0 Å². The lowest BCUT2D eigenvalue weighted by Gasteiger charge is -2.27. The van der Waals surface area contributed by atoms with Crippen LogP contribution in [0.5, 0.6) is 0 Å². The van der Waals surface area contributed by atoms with Gasteiger partial charge in [-0.15, -0.1) is 0 Å². The molecule has 2 atom stereocenters. The van der Waals surface area contributed by atoms with E-state index < -0.39 is 0 Å². The van der Waals surface area contributed by atoms with Crippen LogP contribution in [0.2, 0.25) is 0 Å². The number of rotatable bonds is 4. The zero-order chi connectivity index (χ0) is 23.1. The van der Waals surface area contributed by atoms with Crippen molar-refractivity contribution in [1.82, 2.24) is 0 Å². The molecule has 0 heteroatoms. The monoisotopic (exact) mass is 428 g/mol. The van der Waals surface area contributed by atoms with E-state index >= 15 is 0 Å². The summed E-state index contributed by atoms with van der Waals surface area (Å²) in [6.07, 6.45) is 0. The molecular weight excluding hydrogens is 396 g/mol. The van der Waals surface area contributed by atoms with Crippen molar-refractivity contribution in [3.05, 3.63) is 130 Å². The average molecular weight is 429 g/mol. The Hall–Kier alpha value is -3.38. The summed E-state index contributed by atoms with van der Waals surface area (Å²) in [5, 5.41) is 5.64. The first-order valence-electron chi connectivity index (χ1n) is 12.0. The minimum atomic E-state index is 0.305. The molecule has 5 aromatic rings. The quantitative estimate of drug-likeness (QED) is 0.250. The lowest BCUT2D eigenvalue weighted by molar-refractivity contribution is 0.927. The Balaban J connectivity index is 1.97. The maximum atomic E-state index is 2.38. The number of fused-ring (bicyclic) bond motifs is 2. The van der Waals surface area contributed by atoms with Crippen molar-refractivity contribution >= 4 is 21.5 Å². The lowest BCUT2D eigenvalue weighted by Crippen LogP contribution is -2.07. The highest BCUT2D eigenvalue weighted by Crippen LogP contribution is 2.46. The molecule has 2 unspecified atom stereocenters. The SMILES string of the molecule is Cc1cc(C)c2c(C(C)c3ccccc3)c3ccccc3c(C(C)c3ccccc3)c2c1C. The molecule has 5 aromatic carbocycles. The van der Waals surface area contributed by atoms with Crippen LogP contribution in [0.15, 0.2) is 91.0 Å². The van der Waals surface area contributed by atoms with Gasteiger partial charge in [0.05, 0.1) is 0 Å². The van der Waals surface area contributed by atoms with Gasteiger partial charge in [-0.1, -0.05) is 105 Å². The molecule has 0 aromatic heterocycles. The Labute approximate surface area is 197 Å². The largest absolute Gasteiger partial charge is 0.0622 e. The predicted octanol–water partition coefficient (Wildman–Crippen LogP) is 9.22. The lowest BCUT2D eigenvalue weighted by atomic mass is 9.76. The van der Waals surface area contributed by atoms with Gasteiger partial charge in [0.1, 0.15) is 0 Å². The topological polar surface area (TPSA) is 0 Å². The van der Waals surface area contributed by atoms with E-state index in [0.717, 1.165) is 0 Å². The third kappa shape index (κ3) is 3.55. The van der Waals surface area contributed by atoms with Crippen molar-refractivity contribution in [2.45, 2.75) is 46.5 Å². The number of benzene rings is 5. The van der Waals surface area contributed by atoms with Crippen LogP contribution in [-0.4, -0.2) is 0 Å². The predicted molar refractivity (Wildman–Crippen MR) is 144 cm³/mol. The van der Waals surface area contributed by atoms with Gasteiger partial charge in [0, 0.05) is 11.8 Å². The maximum absolute atomic E-state index is 2.38. The molecule has 5 rings (SSSR count). The van der Waals surface area contributed by atoms with E-state index in [2.05, 4.69) is 126 Å². The van der Waals surface area contributed by atoms with Crippen LogP contribution in [0.25, 0.3) is 21.5 Å². The summed E-state index contributed by atoms with van der Waals surface area (Å²) < 4.78 is 0. The fourth-order valence-electron chi connectivity index (χ4n) is 5.71. The van der Waals surface area contributed by atoms with Crippen molar-refractivity contribution in [1.29, 1.82) is 0 Å². The van der Waals surface area contributed by atoms with Crippen LogP contribution in [-0.2, 0) is 0 Å². The summed E-state index contributed by atoms with van der Waals surface area (Å²) in [5.41, 5.74) is 9.79. The van der Waals surface area contributed by atoms with Gasteiger partial charge in [-0.25, -0.2) is 0 Å². The highest BCUT2D eigenvalue weighted by Gasteiger charge is 2.24. The third-order valence-electron chi connectivity index (χ3n) is 7.56. The smallest absolute Gasteiger partial charge is 0.00734 e. The van der Waals surface area contributed by atoms with Crippen molar-refractivity contribution in [2.24, 2.45) is 0 Å². The molecule has 0 aliphatic heterocycles. The van der Waals surface area contributed by atoms with Crippen molar-refractivity contribution in [3.63, 3.8) is 0 Å². The molecule has 0 aliphatic carbocycles. The summed E-state index contributed by atoms with van der Waals surface area (Å²) >= 11 is 0. The highest BCUT2D eigenvalue weighted by molar-refractivity contribution is 6.09. The molecular formula is C33H32. The van der Waals surface area contributed by atoms with Gasteiger partial charge < -0.3 is 0 Å². The molecule has 164 valence electrons. The van der Waals surface area contributed by atoms with Crippen LogP contribution < -0.4 is 0 Å². The van der Waals surface area contributed by atoms with Gasteiger partial charge in [0.25, 0.3) is 0 Å². The zero-order valence-electron chi connectivity index (χ0n) is 20.3. The summed E-state index contributed by atoms with van der Waals surface area (Å²) in [7, 11) is 0. The Morgan fingerprint density at radius 2 is 0.909 bits per heavy atom. The number of hydrogen-bond donors (Lipinski definition) is 0. The zero-order valence-corrected chi connectivity index (χ0v) is 20.3. The van der Waals surface area contributed by atoms with Gasteiger partial charge in [0.2, 0.25) is 0 Å². The van der Waals surface area contributed by atoms with Gasteiger partial charge in [-0.05, 0) is 81.3 Å². The Bertz CT molecular complexity index is 1440. The molecule has 0 N–H and O–H groups in total. The van der Waals surface area contributed by atoms with Crippen molar-refractivity contribution in [2.75, 3.05) is 0 Å². The minimum absolute atomic E-state index is 0.305. The first kappa shape index (κ1) is 21.5. The molecule has 0 aliphatic rings. The summed E-state index contributed by atoms with van der Waals surface area (Å²) in [6, 6.07) is 33.4. The number of aryl methyl sites for hydroxylation is 3. The molecule has 0 saturated carbocycles. The Morgan fingerprint density at radius 3 is 1.39 bits per heavy atom. The second-order valence-corrected chi connectivity index (χ2v) is 9.52. The highest BCUT2D eigenvalue weighted by atomic mass is 14.3. The second-order valence-electron chi connectivity index (χ2n) is 9.52. The van der Waals surface area contributed by atoms with Gasteiger partial charge in [-0.2, -0.15) is 0 Å². The minimum Gasteiger partial charge on any atom is -0.0622 e. The molecule has 33 heavy (non-hydrogen) atoms. The van der Waals surface area contributed by atoms with Crippen LogP contribution >= 0.6 is 0 Å². The fraction of sp³-hybridized carbons (Fsp3) is 0.212. The van der Waals surface area contributed by atoms with Crippen molar-refractivity contribution < 1.29 is 0 Å². The van der Waals surface area contributed by atoms with E-state index in [0.29, 0.717) is 11.8 Å². The number of hydrogen-bond acceptors (Lipinski definition) is 0. The fourth-order valence-corrected chi connectivity index (χ4v) is 5.71. The first-order valence-corrected chi connectivity index (χ1v) is 12.0. The van der Waals surface area contributed by atoms with Gasteiger partial charge in [0.15, 0.2) is 0 Å². The van der Waals surface area contributed by atoms with E-state index in [1.165, 1.54) is 60.5 Å². The van der Waals surface area contributed by atoms with E-state index in [1.54, 1.807) is 0 Å². The molecule has 0 bridgehead atoms. The molecule has 0 radical (unpaired) electrons. The molecule has 0 spiro atoms. The van der Waals surface area contributed by atoms with Crippen LogP contribution in [0, 0.1) is 20.8 Å². The van der Waals surface area contributed by atoms with Crippen LogP contribution in [0.4, 0.5) is 0 Å². The van der Waals surface area contributed by atoms with Crippen LogP contribution in [0.1, 0.15) is 64.6 Å². The maximum Gasteiger partial charge on any atom is 0.00734 e. The van der Waals surface area contributed by atoms with Gasteiger partial charge in [-0.3, -0.25) is 0 Å². The second kappa shape index (κ2) is 8.52. The normalized spacial score (nSPS) is 13.4. The Kier molecular flexibility index (Phi) is 5.54.